The van der Waals surface area contributed by atoms with E-state index in [2.05, 4.69) is 41.2 Å². The number of guanidine groups is 1. The van der Waals surface area contributed by atoms with Gasteiger partial charge >= 0.3 is 0 Å². The Morgan fingerprint density at radius 1 is 1.32 bits per heavy atom. The average molecular weight is 427 g/mol. The van der Waals surface area contributed by atoms with E-state index in [1.807, 2.05) is 31.3 Å². The molecule has 0 atom stereocenters. The average Bonchev–Trinajstić information content (AvgIpc) is 3.11. The SMILES string of the molecule is CN=C(NCc1ccc(Br)cc1Cl)N1CCN(Cc2ccon2)CC1. The molecule has 0 amide bonds. The van der Waals surface area contributed by atoms with Gasteiger partial charge in [-0.3, -0.25) is 9.89 Å². The van der Waals surface area contributed by atoms with Crippen molar-refractivity contribution in [2.24, 2.45) is 4.99 Å². The molecule has 1 fully saturated rings. The molecule has 0 aliphatic carbocycles. The number of hydrogen-bond acceptors (Lipinski definition) is 4. The van der Waals surface area contributed by atoms with Crippen LogP contribution in [0.2, 0.25) is 5.02 Å². The fourth-order valence-electron chi connectivity index (χ4n) is 2.84. The normalized spacial score (nSPS) is 16.3. The number of nitrogens with zero attached hydrogens (tertiary/aromatic N) is 4. The summed E-state index contributed by atoms with van der Waals surface area (Å²) >= 11 is 9.71. The number of nitrogens with one attached hydrogen (secondary N) is 1. The van der Waals surface area contributed by atoms with Gasteiger partial charge in [0.05, 0.1) is 5.69 Å². The molecule has 8 heteroatoms. The predicted molar refractivity (Wildman–Crippen MR) is 103 cm³/mol. The molecule has 0 spiro atoms. The van der Waals surface area contributed by atoms with E-state index < -0.39 is 0 Å². The highest BCUT2D eigenvalue weighted by atomic mass is 79.9. The van der Waals surface area contributed by atoms with Crippen molar-refractivity contribution in [1.29, 1.82) is 0 Å². The molecule has 0 bridgehead atoms. The molecular formula is C17H21BrClN5O. The van der Waals surface area contributed by atoms with Crippen LogP contribution in [0.5, 0.6) is 0 Å². The number of aromatic nitrogens is 1. The molecule has 1 aromatic carbocycles. The van der Waals surface area contributed by atoms with Crippen LogP contribution in [0, 0.1) is 0 Å². The van der Waals surface area contributed by atoms with Crippen molar-refractivity contribution in [3.63, 3.8) is 0 Å². The molecule has 0 saturated carbocycles. The lowest BCUT2D eigenvalue weighted by molar-refractivity contribution is 0.169. The van der Waals surface area contributed by atoms with Crippen molar-refractivity contribution in [3.8, 4) is 0 Å². The largest absolute Gasteiger partial charge is 0.364 e. The predicted octanol–water partition coefficient (Wildman–Crippen LogP) is 2.98. The summed E-state index contributed by atoms with van der Waals surface area (Å²) in [6.45, 7) is 5.25. The van der Waals surface area contributed by atoms with E-state index in [9.17, 15) is 0 Å². The van der Waals surface area contributed by atoms with Crippen LogP contribution in [0.3, 0.4) is 0 Å². The third-order valence-corrected chi connectivity index (χ3v) is 5.06. The molecule has 2 aromatic rings. The first-order chi connectivity index (χ1) is 12.2. The van der Waals surface area contributed by atoms with Crippen molar-refractivity contribution in [2.45, 2.75) is 13.1 Å². The van der Waals surface area contributed by atoms with Crippen LogP contribution in [0.4, 0.5) is 0 Å². The van der Waals surface area contributed by atoms with Crippen LogP contribution in [0.15, 0.2) is 44.5 Å². The molecule has 3 rings (SSSR count). The van der Waals surface area contributed by atoms with E-state index in [-0.39, 0.29) is 0 Å². The van der Waals surface area contributed by atoms with Gasteiger partial charge in [0.2, 0.25) is 0 Å². The van der Waals surface area contributed by atoms with Crippen molar-refractivity contribution in [1.82, 2.24) is 20.3 Å². The lowest BCUT2D eigenvalue weighted by Gasteiger charge is -2.36. The number of halogens is 2. The summed E-state index contributed by atoms with van der Waals surface area (Å²) in [7, 11) is 1.81. The standard InChI is InChI=1S/C17H21BrClN5O/c1-20-17(21-11-13-2-3-14(18)10-16(13)19)24-7-5-23(6-8-24)12-15-4-9-25-22-15/h2-4,9-10H,5-8,11-12H2,1H3,(H,20,21). The maximum absolute atomic E-state index is 6.28. The molecule has 1 N–H and O–H groups in total. The molecule has 1 aliphatic rings. The zero-order valence-corrected chi connectivity index (χ0v) is 16.4. The molecular weight excluding hydrogens is 406 g/mol. The maximum Gasteiger partial charge on any atom is 0.194 e. The highest BCUT2D eigenvalue weighted by Gasteiger charge is 2.20. The van der Waals surface area contributed by atoms with E-state index in [1.165, 1.54) is 0 Å². The Balaban J connectivity index is 1.50. The Hall–Kier alpha value is -1.57. The highest BCUT2D eigenvalue weighted by molar-refractivity contribution is 9.10. The molecule has 6 nitrogen and oxygen atoms in total. The summed E-state index contributed by atoms with van der Waals surface area (Å²) in [5.74, 6) is 0.903. The van der Waals surface area contributed by atoms with Crippen LogP contribution < -0.4 is 5.32 Å². The first-order valence-corrected chi connectivity index (χ1v) is 9.34. The first kappa shape index (κ1) is 18.2. The van der Waals surface area contributed by atoms with Gasteiger partial charge < -0.3 is 14.7 Å². The number of benzene rings is 1. The zero-order valence-electron chi connectivity index (χ0n) is 14.1. The molecule has 1 aliphatic heterocycles. The minimum atomic E-state index is 0.651. The van der Waals surface area contributed by atoms with E-state index in [4.69, 9.17) is 16.1 Å². The zero-order chi connectivity index (χ0) is 17.6. The smallest absolute Gasteiger partial charge is 0.194 e. The Labute approximate surface area is 161 Å². The third kappa shape index (κ3) is 4.96. The Morgan fingerprint density at radius 3 is 2.76 bits per heavy atom. The number of hydrogen-bond donors (Lipinski definition) is 1. The van der Waals surface area contributed by atoms with Gasteiger partial charge in [0.15, 0.2) is 5.96 Å². The second-order valence-corrected chi connectivity index (χ2v) is 7.21. The molecule has 0 unspecified atom stereocenters. The van der Waals surface area contributed by atoms with Gasteiger partial charge in [0, 0.05) is 61.9 Å². The van der Waals surface area contributed by atoms with Crippen LogP contribution >= 0.6 is 27.5 Å². The van der Waals surface area contributed by atoms with Crippen LogP contribution in [-0.4, -0.2) is 54.1 Å². The van der Waals surface area contributed by atoms with Crippen LogP contribution in [0.1, 0.15) is 11.3 Å². The number of rotatable bonds is 4. The van der Waals surface area contributed by atoms with Crippen molar-refractivity contribution in [2.75, 3.05) is 33.2 Å². The summed E-state index contributed by atoms with van der Waals surface area (Å²) in [6.07, 6.45) is 1.62. The lowest BCUT2D eigenvalue weighted by atomic mass is 10.2. The van der Waals surface area contributed by atoms with Gasteiger partial charge in [-0.25, -0.2) is 0 Å². The third-order valence-electron chi connectivity index (χ3n) is 4.21. The van der Waals surface area contributed by atoms with Gasteiger partial charge in [0.25, 0.3) is 0 Å². The lowest BCUT2D eigenvalue weighted by Crippen LogP contribution is -2.52. The summed E-state index contributed by atoms with van der Waals surface area (Å²) in [5, 5.41) is 8.13. The Bertz CT molecular complexity index is 714. The fraction of sp³-hybridized carbons (Fsp3) is 0.412. The first-order valence-electron chi connectivity index (χ1n) is 8.17. The molecule has 0 radical (unpaired) electrons. The summed E-state index contributed by atoms with van der Waals surface area (Å²) in [6, 6.07) is 7.83. The minimum Gasteiger partial charge on any atom is -0.364 e. The Kier molecular flexibility index (Phi) is 6.34. The van der Waals surface area contributed by atoms with Crippen molar-refractivity contribution < 1.29 is 4.52 Å². The van der Waals surface area contributed by atoms with Gasteiger partial charge in [-0.2, -0.15) is 0 Å². The Morgan fingerprint density at radius 2 is 2.12 bits per heavy atom. The van der Waals surface area contributed by atoms with E-state index >= 15 is 0 Å². The number of aliphatic imine (C=N–C) groups is 1. The summed E-state index contributed by atoms with van der Waals surface area (Å²) in [5.41, 5.74) is 2.02. The maximum atomic E-state index is 6.28. The second-order valence-electron chi connectivity index (χ2n) is 5.89. The summed E-state index contributed by atoms with van der Waals surface area (Å²) < 4.78 is 5.87. The van der Waals surface area contributed by atoms with Crippen LogP contribution in [-0.2, 0) is 13.1 Å². The summed E-state index contributed by atoms with van der Waals surface area (Å²) in [4.78, 5) is 9.05. The quantitative estimate of drug-likeness (QED) is 0.602. The molecule has 1 saturated heterocycles. The van der Waals surface area contributed by atoms with Crippen molar-refractivity contribution >= 4 is 33.5 Å². The molecule has 25 heavy (non-hydrogen) atoms. The monoisotopic (exact) mass is 425 g/mol. The highest BCUT2D eigenvalue weighted by Crippen LogP contribution is 2.21. The van der Waals surface area contributed by atoms with Gasteiger partial charge in [-0.15, -0.1) is 0 Å². The molecule has 2 heterocycles. The van der Waals surface area contributed by atoms with Crippen LogP contribution in [0.25, 0.3) is 0 Å². The number of piperazine rings is 1. The van der Waals surface area contributed by atoms with Gasteiger partial charge in [-0.05, 0) is 17.7 Å². The fourth-order valence-corrected chi connectivity index (χ4v) is 3.58. The second kappa shape index (κ2) is 8.69. The van der Waals surface area contributed by atoms with Gasteiger partial charge in [0.1, 0.15) is 6.26 Å². The molecule has 134 valence electrons. The van der Waals surface area contributed by atoms with E-state index in [0.29, 0.717) is 6.54 Å². The van der Waals surface area contributed by atoms with E-state index in [1.54, 1.807) is 6.26 Å². The topological polar surface area (TPSA) is 56.9 Å². The van der Waals surface area contributed by atoms with E-state index in [0.717, 1.165) is 59.4 Å². The molecule has 1 aromatic heterocycles. The minimum absolute atomic E-state index is 0.651. The van der Waals surface area contributed by atoms with Gasteiger partial charge in [-0.1, -0.05) is 38.8 Å². The van der Waals surface area contributed by atoms with Crippen molar-refractivity contribution in [3.05, 3.63) is 51.3 Å².